The maximum Gasteiger partial charge on any atom is 0.129 e. The third-order valence-electron chi connectivity index (χ3n) is 2.51. The Morgan fingerprint density at radius 3 is 2.78 bits per heavy atom. The third kappa shape index (κ3) is 3.17. The van der Waals surface area contributed by atoms with Crippen LogP contribution >= 0.6 is 11.8 Å². The van der Waals surface area contributed by atoms with Crippen molar-refractivity contribution >= 4 is 17.4 Å². The van der Waals surface area contributed by atoms with Gasteiger partial charge >= 0.3 is 0 Å². The predicted octanol–water partition coefficient (Wildman–Crippen LogP) is 3.71. The Hall–Kier alpha value is -1.68. The molecule has 0 amide bonds. The summed E-state index contributed by atoms with van der Waals surface area (Å²) < 4.78 is 18.7. The monoisotopic (exact) mass is 263 g/mol. The lowest BCUT2D eigenvalue weighted by molar-refractivity contribution is 0.413. The molecular weight excluding hydrogens is 249 g/mol. The molecule has 0 aliphatic rings. The number of hydrogen-bond acceptors (Lipinski definition) is 3. The van der Waals surface area contributed by atoms with Crippen LogP contribution in [0.4, 0.5) is 10.1 Å². The van der Waals surface area contributed by atoms with E-state index in [0.717, 1.165) is 10.6 Å². The molecule has 0 aromatic heterocycles. The van der Waals surface area contributed by atoms with E-state index in [-0.39, 0.29) is 5.82 Å². The highest BCUT2D eigenvalue weighted by molar-refractivity contribution is 7.98. The van der Waals surface area contributed by atoms with Crippen LogP contribution in [0.15, 0.2) is 47.4 Å². The second kappa shape index (κ2) is 5.78. The van der Waals surface area contributed by atoms with Crippen molar-refractivity contribution in [3.63, 3.8) is 0 Å². The van der Waals surface area contributed by atoms with Gasteiger partial charge in [0.1, 0.15) is 11.6 Å². The highest BCUT2D eigenvalue weighted by Gasteiger charge is 2.04. The van der Waals surface area contributed by atoms with Gasteiger partial charge in [0.25, 0.3) is 0 Å². The van der Waals surface area contributed by atoms with Gasteiger partial charge in [-0.25, -0.2) is 4.39 Å². The number of benzene rings is 2. The summed E-state index contributed by atoms with van der Waals surface area (Å²) in [6.07, 6.45) is 0. The fourth-order valence-electron chi connectivity index (χ4n) is 1.53. The Morgan fingerprint density at radius 2 is 2.06 bits per heavy atom. The smallest absolute Gasteiger partial charge is 0.129 e. The van der Waals surface area contributed by atoms with Gasteiger partial charge in [-0.05, 0) is 35.9 Å². The molecule has 0 unspecified atom stereocenters. The van der Waals surface area contributed by atoms with Gasteiger partial charge in [-0.3, -0.25) is 0 Å². The Labute approximate surface area is 110 Å². The number of halogens is 1. The maximum atomic E-state index is 13.6. The standard InChI is InChI=1S/C14H14FNOS/c1-17-12-3-2-4-13(8-12)18-9-10-5-6-11(16)7-14(10)15/h2-8H,9,16H2,1H3. The van der Waals surface area contributed by atoms with E-state index in [9.17, 15) is 4.39 Å². The van der Waals surface area contributed by atoms with Crippen molar-refractivity contribution in [1.82, 2.24) is 0 Å². The topological polar surface area (TPSA) is 35.2 Å². The summed E-state index contributed by atoms with van der Waals surface area (Å²) in [6.45, 7) is 0. The molecule has 2 aromatic rings. The summed E-state index contributed by atoms with van der Waals surface area (Å²) in [4.78, 5) is 1.05. The van der Waals surface area contributed by atoms with Gasteiger partial charge in [0.15, 0.2) is 0 Å². The zero-order valence-corrected chi connectivity index (χ0v) is 10.8. The van der Waals surface area contributed by atoms with Crippen LogP contribution in [0.2, 0.25) is 0 Å². The number of ether oxygens (including phenoxy) is 1. The van der Waals surface area contributed by atoms with Gasteiger partial charge in [-0.1, -0.05) is 12.1 Å². The van der Waals surface area contributed by atoms with Crippen molar-refractivity contribution in [3.05, 3.63) is 53.8 Å². The van der Waals surface area contributed by atoms with E-state index in [1.165, 1.54) is 6.07 Å². The van der Waals surface area contributed by atoms with E-state index in [1.807, 2.05) is 24.3 Å². The predicted molar refractivity (Wildman–Crippen MR) is 73.4 cm³/mol. The van der Waals surface area contributed by atoms with Crippen LogP contribution in [-0.2, 0) is 5.75 Å². The second-order valence-corrected chi connectivity index (χ2v) is 4.87. The zero-order chi connectivity index (χ0) is 13.0. The molecule has 94 valence electrons. The van der Waals surface area contributed by atoms with Crippen LogP contribution in [0, 0.1) is 5.82 Å². The average Bonchev–Trinajstić information content (AvgIpc) is 2.38. The molecule has 2 rings (SSSR count). The first kappa shape index (κ1) is 12.8. The lowest BCUT2D eigenvalue weighted by Crippen LogP contribution is -1.91. The molecule has 4 heteroatoms. The van der Waals surface area contributed by atoms with Crippen molar-refractivity contribution in [2.75, 3.05) is 12.8 Å². The molecule has 0 spiro atoms. The van der Waals surface area contributed by atoms with E-state index < -0.39 is 0 Å². The first-order valence-electron chi connectivity index (χ1n) is 5.50. The Balaban J connectivity index is 2.06. The molecule has 0 radical (unpaired) electrons. The molecule has 18 heavy (non-hydrogen) atoms. The molecule has 0 fully saturated rings. The fourth-order valence-corrected chi connectivity index (χ4v) is 2.46. The van der Waals surface area contributed by atoms with Crippen LogP contribution in [0.5, 0.6) is 5.75 Å². The first-order valence-corrected chi connectivity index (χ1v) is 6.48. The van der Waals surface area contributed by atoms with Gasteiger partial charge in [0.2, 0.25) is 0 Å². The number of thioether (sulfide) groups is 1. The number of hydrogen-bond donors (Lipinski definition) is 1. The molecule has 0 aliphatic carbocycles. The SMILES string of the molecule is COc1cccc(SCc2ccc(N)cc2F)c1. The van der Waals surface area contributed by atoms with E-state index in [4.69, 9.17) is 10.5 Å². The molecule has 2 aromatic carbocycles. The number of nitrogens with two attached hydrogens (primary N) is 1. The average molecular weight is 263 g/mol. The molecule has 2 nitrogen and oxygen atoms in total. The van der Waals surface area contributed by atoms with E-state index in [0.29, 0.717) is 17.0 Å². The molecule has 0 saturated heterocycles. The third-order valence-corrected chi connectivity index (χ3v) is 3.56. The van der Waals surface area contributed by atoms with Crippen molar-refractivity contribution in [1.29, 1.82) is 0 Å². The van der Waals surface area contributed by atoms with Gasteiger partial charge in [0, 0.05) is 16.3 Å². The summed E-state index contributed by atoms with van der Waals surface area (Å²) in [7, 11) is 1.63. The van der Waals surface area contributed by atoms with Crippen LogP contribution in [0.25, 0.3) is 0 Å². The van der Waals surface area contributed by atoms with Crippen LogP contribution in [0.1, 0.15) is 5.56 Å². The van der Waals surface area contributed by atoms with Gasteiger partial charge in [-0.15, -0.1) is 11.8 Å². The molecule has 0 atom stereocenters. The van der Waals surface area contributed by atoms with E-state index >= 15 is 0 Å². The molecule has 0 heterocycles. The molecule has 0 bridgehead atoms. The first-order chi connectivity index (χ1) is 8.69. The molecule has 0 saturated carbocycles. The van der Waals surface area contributed by atoms with Crippen molar-refractivity contribution in [2.24, 2.45) is 0 Å². The Bertz CT molecular complexity index is 545. The lowest BCUT2D eigenvalue weighted by Gasteiger charge is -2.06. The number of methoxy groups -OCH3 is 1. The largest absolute Gasteiger partial charge is 0.497 e. The highest BCUT2D eigenvalue weighted by atomic mass is 32.2. The van der Waals surface area contributed by atoms with Crippen molar-refractivity contribution in [2.45, 2.75) is 10.6 Å². The van der Waals surface area contributed by atoms with Gasteiger partial charge < -0.3 is 10.5 Å². The van der Waals surface area contributed by atoms with Crippen LogP contribution < -0.4 is 10.5 Å². The molecule has 2 N–H and O–H groups in total. The summed E-state index contributed by atoms with van der Waals surface area (Å²) >= 11 is 1.56. The second-order valence-electron chi connectivity index (χ2n) is 3.82. The van der Waals surface area contributed by atoms with Gasteiger partial charge in [0.05, 0.1) is 7.11 Å². The van der Waals surface area contributed by atoms with E-state index in [2.05, 4.69) is 0 Å². The number of rotatable bonds is 4. The van der Waals surface area contributed by atoms with E-state index in [1.54, 1.807) is 31.0 Å². The van der Waals surface area contributed by atoms with Crippen LogP contribution in [0.3, 0.4) is 0 Å². The minimum absolute atomic E-state index is 0.259. The Morgan fingerprint density at radius 1 is 1.22 bits per heavy atom. The summed E-state index contributed by atoms with van der Waals surface area (Å²) in [5, 5.41) is 0. The Kier molecular flexibility index (Phi) is 4.10. The lowest BCUT2D eigenvalue weighted by atomic mass is 10.2. The zero-order valence-electron chi connectivity index (χ0n) is 10.0. The minimum Gasteiger partial charge on any atom is -0.497 e. The molecule has 0 aliphatic heterocycles. The molecular formula is C14H14FNOS. The quantitative estimate of drug-likeness (QED) is 0.674. The maximum absolute atomic E-state index is 13.6. The van der Waals surface area contributed by atoms with Gasteiger partial charge in [-0.2, -0.15) is 0 Å². The summed E-state index contributed by atoms with van der Waals surface area (Å²) in [5.74, 6) is 1.11. The van der Waals surface area contributed by atoms with Crippen LogP contribution in [-0.4, -0.2) is 7.11 Å². The summed E-state index contributed by atoms with van der Waals surface area (Å²) in [6, 6.07) is 12.5. The number of nitrogen functional groups attached to an aromatic ring is 1. The van der Waals surface area contributed by atoms with Crippen molar-refractivity contribution < 1.29 is 9.13 Å². The normalized spacial score (nSPS) is 10.3. The highest BCUT2D eigenvalue weighted by Crippen LogP contribution is 2.27. The minimum atomic E-state index is -0.259. The summed E-state index contributed by atoms with van der Waals surface area (Å²) in [5.41, 5.74) is 6.61. The van der Waals surface area contributed by atoms with Crippen molar-refractivity contribution in [3.8, 4) is 5.75 Å². The fraction of sp³-hybridized carbons (Fsp3) is 0.143. The number of anilines is 1.